The molecule has 8 heteroatoms. The van der Waals surface area contributed by atoms with Gasteiger partial charge in [-0.2, -0.15) is 0 Å². The number of carboxylic acid groups (broad SMARTS) is 1. The van der Waals surface area contributed by atoms with Gasteiger partial charge in [-0.1, -0.05) is 41.4 Å². The summed E-state index contributed by atoms with van der Waals surface area (Å²) in [5.41, 5.74) is 2.69. The van der Waals surface area contributed by atoms with E-state index in [-0.39, 0.29) is 12.5 Å². The van der Waals surface area contributed by atoms with Crippen LogP contribution >= 0.6 is 23.2 Å². The summed E-state index contributed by atoms with van der Waals surface area (Å²) >= 11 is 12.6. The standard InChI is InChI=1S/C20H17Cl2N3O3/c1-23-10-13(19(26)25(23)12-6-4-3-5-7-12)16-17-14(22)8-11(21)9-15(17)24(2)18(16)20(27)28/h3-9,18H,10H2,1-2H3,(H,27,28). The number of carboxylic acids is 1. The number of likely N-dealkylation sites (N-methyl/N-ethyl adjacent to an activating group) is 2. The van der Waals surface area contributed by atoms with E-state index in [2.05, 4.69) is 0 Å². The van der Waals surface area contributed by atoms with Gasteiger partial charge in [0, 0.05) is 48.1 Å². The molecule has 1 fully saturated rings. The minimum Gasteiger partial charge on any atom is -0.479 e. The number of hydrogen-bond donors (Lipinski definition) is 1. The lowest BCUT2D eigenvalue weighted by atomic mass is 9.96. The predicted molar refractivity (Wildman–Crippen MR) is 110 cm³/mol. The minimum atomic E-state index is -1.05. The number of nitrogens with zero attached hydrogens (tertiary/aromatic N) is 3. The molecule has 4 rings (SSSR count). The summed E-state index contributed by atoms with van der Waals surface area (Å²) in [5.74, 6) is -1.32. The summed E-state index contributed by atoms with van der Waals surface area (Å²) in [5, 5.41) is 13.9. The lowest BCUT2D eigenvalue weighted by Crippen LogP contribution is -2.36. The molecule has 0 aliphatic carbocycles. The van der Waals surface area contributed by atoms with E-state index in [0.29, 0.717) is 38.1 Å². The molecular formula is C20H17Cl2N3O3. The first kappa shape index (κ1) is 18.8. The normalized spacial score (nSPS) is 22.1. The second-order valence-corrected chi connectivity index (χ2v) is 7.64. The van der Waals surface area contributed by atoms with E-state index >= 15 is 0 Å². The van der Waals surface area contributed by atoms with Gasteiger partial charge in [0.2, 0.25) is 0 Å². The molecule has 1 unspecified atom stereocenters. The van der Waals surface area contributed by atoms with Gasteiger partial charge < -0.3 is 10.0 Å². The van der Waals surface area contributed by atoms with Crippen LogP contribution in [0, 0.1) is 0 Å². The van der Waals surface area contributed by atoms with Crippen LogP contribution in [0.1, 0.15) is 5.56 Å². The minimum absolute atomic E-state index is 0.262. The van der Waals surface area contributed by atoms with Gasteiger partial charge in [0.25, 0.3) is 5.91 Å². The molecule has 0 aromatic heterocycles. The summed E-state index contributed by atoms with van der Waals surface area (Å²) in [4.78, 5) is 27.0. The monoisotopic (exact) mass is 417 g/mol. The molecule has 1 amide bonds. The number of aliphatic carboxylic acids is 1. The highest BCUT2D eigenvalue weighted by Crippen LogP contribution is 2.47. The number of carbonyl (C=O) groups is 2. The van der Waals surface area contributed by atoms with Crippen molar-refractivity contribution < 1.29 is 14.7 Å². The average Bonchev–Trinajstić information content (AvgIpc) is 3.09. The first-order valence-electron chi connectivity index (χ1n) is 8.60. The third-order valence-corrected chi connectivity index (χ3v) is 5.60. The van der Waals surface area contributed by atoms with Gasteiger partial charge in [0.05, 0.1) is 10.7 Å². The zero-order valence-corrected chi connectivity index (χ0v) is 16.7. The quantitative estimate of drug-likeness (QED) is 0.756. The summed E-state index contributed by atoms with van der Waals surface area (Å²) in [6.45, 7) is 0.277. The van der Waals surface area contributed by atoms with Crippen molar-refractivity contribution in [1.29, 1.82) is 0 Å². The largest absolute Gasteiger partial charge is 0.479 e. The van der Waals surface area contributed by atoms with Gasteiger partial charge in [0.1, 0.15) is 0 Å². The van der Waals surface area contributed by atoms with Gasteiger partial charge in [0.15, 0.2) is 6.04 Å². The van der Waals surface area contributed by atoms with E-state index in [4.69, 9.17) is 23.2 Å². The van der Waals surface area contributed by atoms with E-state index in [0.717, 1.165) is 0 Å². The number of benzene rings is 2. The zero-order valence-electron chi connectivity index (χ0n) is 15.2. The number of carbonyl (C=O) groups excluding carboxylic acids is 1. The highest BCUT2D eigenvalue weighted by atomic mass is 35.5. The van der Waals surface area contributed by atoms with Crippen LogP contribution in [0.4, 0.5) is 11.4 Å². The van der Waals surface area contributed by atoms with Crippen molar-refractivity contribution in [2.24, 2.45) is 0 Å². The SMILES string of the molecule is CN1c2cc(Cl)cc(Cl)c2C(=C2CN(C)N(c3ccccc3)C2=O)C1C(=O)O. The molecule has 0 radical (unpaired) electrons. The van der Waals surface area contributed by atoms with Crippen LogP contribution in [0.3, 0.4) is 0 Å². The van der Waals surface area contributed by atoms with Gasteiger partial charge in [-0.3, -0.25) is 4.79 Å². The van der Waals surface area contributed by atoms with Crippen molar-refractivity contribution in [3.63, 3.8) is 0 Å². The summed E-state index contributed by atoms with van der Waals surface area (Å²) in [7, 11) is 3.45. The molecule has 2 aromatic carbocycles. The van der Waals surface area contributed by atoms with E-state index in [1.165, 1.54) is 0 Å². The van der Waals surface area contributed by atoms with Gasteiger partial charge in [-0.15, -0.1) is 0 Å². The molecule has 0 bridgehead atoms. The van der Waals surface area contributed by atoms with Crippen LogP contribution in [0.15, 0.2) is 48.0 Å². The highest BCUT2D eigenvalue weighted by molar-refractivity contribution is 6.37. The molecular weight excluding hydrogens is 401 g/mol. The Hall–Kier alpha value is -2.54. The Bertz CT molecular complexity index is 1020. The van der Waals surface area contributed by atoms with Crippen molar-refractivity contribution in [3.8, 4) is 0 Å². The average molecular weight is 418 g/mol. The molecule has 1 N–H and O–H groups in total. The Balaban J connectivity index is 1.93. The maximum Gasteiger partial charge on any atom is 0.331 e. The summed E-state index contributed by atoms with van der Waals surface area (Å²) in [6, 6.07) is 11.4. The smallest absolute Gasteiger partial charge is 0.331 e. The fourth-order valence-electron chi connectivity index (χ4n) is 3.91. The molecule has 2 aromatic rings. The summed E-state index contributed by atoms with van der Waals surface area (Å²) < 4.78 is 0. The third kappa shape index (κ3) is 2.76. The molecule has 1 saturated heterocycles. The third-order valence-electron chi connectivity index (χ3n) is 5.08. The number of hydrazine groups is 1. The number of amides is 1. The van der Waals surface area contributed by atoms with Crippen LogP contribution < -0.4 is 9.91 Å². The fourth-order valence-corrected chi connectivity index (χ4v) is 4.50. The zero-order chi connectivity index (χ0) is 20.2. The second kappa shape index (κ2) is 6.81. The lowest BCUT2D eigenvalue weighted by molar-refractivity contribution is -0.137. The maximum atomic E-state index is 13.3. The van der Waals surface area contributed by atoms with E-state index < -0.39 is 12.0 Å². The highest BCUT2D eigenvalue weighted by Gasteiger charge is 2.45. The topological polar surface area (TPSA) is 64.1 Å². The fraction of sp³-hybridized carbons (Fsp3) is 0.200. The van der Waals surface area contributed by atoms with Crippen LogP contribution in [-0.2, 0) is 9.59 Å². The number of halogens is 2. The molecule has 0 spiro atoms. The van der Waals surface area contributed by atoms with Gasteiger partial charge in [-0.25, -0.2) is 14.8 Å². The van der Waals surface area contributed by atoms with E-state index in [9.17, 15) is 14.7 Å². The van der Waals surface area contributed by atoms with Crippen LogP contribution in [0.25, 0.3) is 5.57 Å². The molecule has 144 valence electrons. The number of para-hydroxylation sites is 1. The molecule has 2 heterocycles. The number of hydrogen-bond acceptors (Lipinski definition) is 4. The van der Waals surface area contributed by atoms with Crippen molar-refractivity contribution in [2.75, 3.05) is 30.5 Å². The van der Waals surface area contributed by atoms with Crippen molar-refractivity contribution in [3.05, 3.63) is 63.6 Å². The van der Waals surface area contributed by atoms with Gasteiger partial charge >= 0.3 is 5.97 Å². The number of rotatable bonds is 2. The first-order chi connectivity index (χ1) is 13.3. The van der Waals surface area contributed by atoms with E-state index in [1.807, 2.05) is 30.3 Å². The Labute approximate surface area is 172 Å². The first-order valence-corrected chi connectivity index (χ1v) is 9.35. The number of anilines is 2. The molecule has 6 nitrogen and oxygen atoms in total. The second-order valence-electron chi connectivity index (χ2n) is 6.79. The molecule has 28 heavy (non-hydrogen) atoms. The Morgan fingerprint density at radius 3 is 2.46 bits per heavy atom. The molecule has 0 saturated carbocycles. The van der Waals surface area contributed by atoms with Crippen LogP contribution in [0.2, 0.25) is 10.0 Å². The Morgan fingerprint density at radius 1 is 1.14 bits per heavy atom. The lowest BCUT2D eigenvalue weighted by Gasteiger charge is -2.23. The van der Waals surface area contributed by atoms with Crippen molar-refractivity contribution >= 4 is 52.0 Å². The van der Waals surface area contributed by atoms with Crippen molar-refractivity contribution in [2.45, 2.75) is 6.04 Å². The van der Waals surface area contributed by atoms with Gasteiger partial charge in [-0.05, 0) is 24.3 Å². The Kier molecular flexibility index (Phi) is 4.57. The Morgan fingerprint density at radius 2 is 1.82 bits per heavy atom. The van der Waals surface area contributed by atoms with Crippen LogP contribution in [-0.4, -0.2) is 48.7 Å². The summed E-state index contributed by atoms with van der Waals surface area (Å²) in [6.07, 6.45) is 0. The molecule has 2 aliphatic rings. The van der Waals surface area contributed by atoms with Crippen molar-refractivity contribution in [1.82, 2.24) is 5.01 Å². The van der Waals surface area contributed by atoms with E-state index in [1.54, 1.807) is 41.1 Å². The maximum absolute atomic E-state index is 13.3. The van der Waals surface area contributed by atoms with Crippen LogP contribution in [0.5, 0.6) is 0 Å². The molecule has 2 aliphatic heterocycles. The predicted octanol–water partition coefficient (Wildman–Crippen LogP) is 3.54. The number of fused-ring (bicyclic) bond motifs is 1. The molecule has 1 atom stereocenters.